The van der Waals surface area contributed by atoms with Gasteiger partial charge in [0.1, 0.15) is 11.5 Å². The Kier molecular flexibility index (Phi) is 4.28. The molecule has 0 spiro atoms. The number of ether oxygens (including phenoxy) is 1. The molecule has 0 radical (unpaired) electrons. The van der Waals surface area contributed by atoms with E-state index in [4.69, 9.17) is 10.00 Å². The molecular formula is C15H11NO3S. The number of carbonyl (C=O) groups excluding carboxylic acids is 2. The van der Waals surface area contributed by atoms with Crippen LogP contribution >= 0.6 is 11.3 Å². The Balaban J connectivity index is 1.97. The second-order valence-corrected chi connectivity index (χ2v) is 5.19. The minimum Gasteiger partial charge on any atom is -0.457 e. The third kappa shape index (κ3) is 3.31. The number of carbonyl (C=O) groups is 2. The van der Waals surface area contributed by atoms with E-state index in [1.165, 1.54) is 6.92 Å². The van der Waals surface area contributed by atoms with E-state index in [1.54, 1.807) is 36.4 Å². The average molecular weight is 285 g/mol. The number of thiophene rings is 1. The van der Waals surface area contributed by atoms with Gasteiger partial charge in [0.15, 0.2) is 5.78 Å². The fourth-order valence-corrected chi connectivity index (χ4v) is 2.33. The van der Waals surface area contributed by atoms with Crippen LogP contribution in [0.3, 0.4) is 0 Å². The molecule has 20 heavy (non-hydrogen) atoms. The van der Waals surface area contributed by atoms with Gasteiger partial charge in [0, 0.05) is 0 Å². The van der Waals surface area contributed by atoms with Gasteiger partial charge >= 0.3 is 5.97 Å². The fourth-order valence-electron chi connectivity index (χ4n) is 1.53. The van der Waals surface area contributed by atoms with E-state index < -0.39 is 5.97 Å². The largest absolute Gasteiger partial charge is 0.457 e. The average Bonchev–Trinajstić information content (AvgIpc) is 2.95. The Labute approximate surface area is 120 Å². The number of benzene rings is 1. The van der Waals surface area contributed by atoms with Crippen molar-refractivity contribution < 1.29 is 14.3 Å². The summed E-state index contributed by atoms with van der Waals surface area (Å²) >= 11 is 1.12. The maximum atomic E-state index is 11.8. The van der Waals surface area contributed by atoms with Gasteiger partial charge in [-0.3, -0.25) is 4.79 Å². The highest BCUT2D eigenvalue weighted by Crippen LogP contribution is 2.18. The minimum absolute atomic E-state index is 0.0684. The van der Waals surface area contributed by atoms with E-state index >= 15 is 0 Å². The summed E-state index contributed by atoms with van der Waals surface area (Å²) in [7, 11) is 0. The van der Waals surface area contributed by atoms with Crippen LogP contribution in [0.2, 0.25) is 0 Å². The van der Waals surface area contributed by atoms with Crippen molar-refractivity contribution in [3.63, 3.8) is 0 Å². The van der Waals surface area contributed by atoms with Crippen molar-refractivity contribution in [3.8, 4) is 6.07 Å². The summed E-state index contributed by atoms with van der Waals surface area (Å²) in [5.74, 6) is -0.520. The minimum atomic E-state index is -0.452. The van der Waals surface area contributed by atoms with Crippen molar-refractivity contribution in [2.75, 3.05) is 0 Å². The van der Waals surface area contributed by atoms with Gasteiger partial charge in [-0.2, -0.15) is 5.26 Å². The van der Waals surface area contributed by atoms with Crippen LogP contribution in [-0.2, 0) is 11.3 Å². The number of nitriles is 1. The van der Waals surface area contributed by atoms with Crippen LogP contribution < -0.4 is 0 Å². The molecule has 0 aliphatic carbocycles. The Morgan fingerprint density at radius 2 is 1.80 bits per heavy atom. The van der Waals surface area contributed by atoms with Crippen LogP contribution in [0.5, 0.6) is 0 Å². The van der Waals surface area contributed by atoms with E-state index in [1.807, 2.05) is 6.07 Å². The molecule has 5 heteroatoms. The van der Waals surface area contributed by atoms with Gasteiger partial charge in [-0.25, -0.2) is 4.79 Å². The third-order valence-electron chi connectivity index (χ3n) is 2.61. The molecule has 0 saturated carbocycles. The Bertz CT molecular complexity index is 680. The molecule has 1 heterocycles. The smallest absolute Gasteiger partial charge is 0.348 e. The number of rotatable bonds is 4. The summed E-state index contributed by atoms with van der Waals surface area (Å²) in [6.07, 6.45) is 0. The molecule has 0 aliphatic rings. The number of ketones is 1. The summed E-state index contributed by atoms with van der Waals surface area (Å²) in [5.41, 5.74) is 1.37. The topological polar surface area (TPSA) is 67.2 Å². The van der Waals surface area contributed by atoms with E-state index in [9.17, 15) is 9.59 Å². The molecule has 0 N–H and O–H groups in total. The number of hydrogen-bond donors (Lipinski definition) is 0. The first-order valence-electron chi connectivity index (χ1n) is 5.87. The van der Waals surface area contributed by atoms with Crippen LogP contribution in [0.4, 0.5) is 0 Å². The molecule has 100 valence electrons. The van der Waals surface area contributed by atoms with Crippen molar-refractivity contribution in [3.05, 3.63) is 57.3 Å². The SMILES string of the molecule is CC(=O)c1ccc(C(=O)OCc2ccc(C#N)cc2)s1. The number of esters is 1. The van der Waals surface area contributed by atoms with Crippen LogP contribution in [0.1, 0.15) is 37.4 Å². The van der Waals surface area contributed by atoms with E-state index in [-0.39, 0.29) is 12.4 Å². The van der Waals surface area contributed by atoms with Gasteiger partial charge in [-0.05, 0) is 36.8 Å². The highest BCUT2D eigenvalue weighted by Gasteiger charge is 2.12. The third-order valence-corrected chi connectivity index (χ3v) is 3.77. The summed E-state index contributed by atoms with van der Waals surface area (Å²) in [4.78, 5) is 23.9. The fraction of sp³-hybridized carbons (Fsp3) is 0.133. The molecule has 2 aromatic rings. The summed E-state index contributed by atoms with van der Waals surface area (Å²) in [6.45, 7) is 1.59. The highest BCUT2D eigenvalue weighted by atomic mass is 32.1. The Hall–Kier alpha value is -2.45. The first-order chi connectivity index (χ1) is 9.60. The van der Waals surface area contributed by atoms with Crippen molar-refractivity contribution in [1.29, 1.82) is 5.26 Å². The molecule has 0 saturated heterocycles. The summed E-state index contributed by atoms with van der Waals surface area (Å²) in [5, 5.41) is 8.68. The second kappa shape index (κ2) is 6.13. The second-order valence-electron chi connectivity index (χ2n) is 4.10. The zero-order valence-electron chi connectivity index (χ0n) is 10.8. The van der Waals surface area contributed by atoms with Crippen molar-refractivity contribution in [2.24, 2.45) is 0 Å². The van der Waals surface area contributed by atoms with Crippen LogP contribution in [-0.4, -0.2) is 11.8 Å². The quantitative estimate of drug-likeness (QED) is 0.639. The number of nitrogens with zero attached hydrogens (tertiary/aromatic N) is 1. The van der Waals surface area contributed by atoms with Gasteiger partial charge in [0.05, 0.1) is 16.5 Å². The molecular weight excluding hydrogens is 274 g/mol. The van der Waals surface area contributed by atoms with Crippen LogP contribution in [0.25, 0.3) is 0 Å². The molecule has 0 bridgehead atoms. The predicted octanol–water partition coefficient (Wildman–Crippen LogP) is 3.18. The molecule has 0 fully saturated rings. The lowest BCUT2D eigenvalue weighted by molar-refractivity contribution is 0.0478. The summed E-state index contributed by atoms with van der Waals surface area (Å²) in [6, 6.07) is 12.0. The molecule has 0 unspecified atom stereocenters. The van der Waals surface area contributed by atoms with Crippen molar-refractivity contribution >= 4 is 23.1 Å². The lowest BCUT2D eigenvalue weighted by atomic mass is 10.2. The maximum absolute atomic E-state index is 11.8. The van der Waals surface area contributed by atoms with Gasteiger partial charge in [-0.1, -0.05) is 12.1 Å². The Morgan fingerprint density at radius 1 is 1.15 bits per heavy atom. The molecule has 2 rings (SSSR count). The van der Waals surface area contributed by atoms with Gasteiger partial charge in [0.25, 0.3) is 0 Å². The summed E-state index contributed by atoms with van der Waals surface area (Å²) < 4.78 is 5.16. The molecule has 1 aromatic heterocycles. The lowest BCUT2D eigenvalue weighted by Crippen LogP contribution is -2.03. The molecule has 4 nitrogen and oxygen atoms in total. The number of Topliss-reactive ketones (excluding diaryl/α,β-unsaturated/α-hetero) is 1. The lowest BCUT2D eigenvalue weighted by Gasteiger charge is -2.03. The molecule has 0 aliphatic heterocycles. The maximum Gasteiger partial charge on any atom is 0.348 e. The zero-order valence-corrected chi connectivity index (χ0v) is 11.6. The van der Waals surface area contributed by atoms with Gasteiger partial charge < -0.3 is 4.74 Å². The number of hydrogen-bond acceptors (Lipinski definition) is 5. The molecule has 1 aromatic carbocycles. The van der Waals surface area contributed by atoms with Gasteiger partial charge in [-0.15, -0.1) is 11.3 Å². The van der Waals surface area contributed by atoms with E-state index in [2.05, 4.69) is 0 Å². The highest BCUT2D eigenvalue weighted by molar-refractivity contribution is 7.15. The van der Waals surface area contributed by atoms with E-state index in [0.29, 0.717) is 15.3 Å². The van der Waals surface area contributed by atoms with E-state index in [0.717, 1.165) is 16.9 Å². The van der Waals surface area contributed by atoms with Gasteiger partial charge in [0.2, 0.25) is 0 Å². The molecule has 0 amide bonds. The zero-order chi connectivity index (χ0) is 14.5. The van der Waals surface area contributed by atoms with Crippen molar-refractivity contribution in [2.45, 2.75) is 13.5 Å². The predicted molar refractivity (Wildman–Crippen MR) is 74.6 cm³/mol. The van der Waals surface area contributed by atoms with Crippen molar-refractivity contribution in [1.82, 2.24) is 0 Å². The first-order valence-corrected chi connectivity index (χ1v) is 6.69. The standard InChI is InChI=1S/C15H11NO3S/c1-10(17)13-6-7-14(20-13)15(18)19-9-12-4-2-11(8-16)3-5-12/h2-7H,9H2,1H3. The van der Waals surface area contributed by atoms with Crippen LogP contribution in [0, 0.1) is 11.3 Å². The monoisotopic (exact) mass is 285 g/mol. The van der Waals surface area contributed by atoms with Crippen LogP contribution in [0.15, 0.2) is 36.4 Å². The molecule has 0 atom stereocenters. The Morgan fingerprint density at radius 3 is 2.35 bits per heavy atom. The normalized spacial score (nSPS) is 9.80. The first kappa shape index (κ1) is 14.0.